The highest BCUT2D eigenvalue weighted by Gasteiger charge is 2.26. The molecule has 1 aromatic carbocycles. The molecule has 0 aromatic heterocycles. The minimum Gasteiger partial charge on any atom is -0.494 e. The second-order valence-corrected chi connectivity index (χ2v) is 7.03. The average molecular weight is 356 g/mol. The van der Waals surface area contributed by atoms with Crippen molar-refractivity contribution in [1.29, 1.82) is 0 Å². The molecule has 0 radical (unpaired) electrons. The lowest BCUT2D eigenvalue weighted by atomic mass is 9.96. The van der Waals surface area contributed by atoms with E-state index in [1.165, 1.54) is 24.8 Å². The standard InChI is InChI=1S/C20H33NO2.ClH/c1-4-5-13-23-20-11-9-18(10-12-20)14-19(22)15-21-16(2)7-6-8-17(21)3;/h9-12,16-17,19,22H,4-8,13-15H2,1-3H3;1H. The smallest absolute Gasteiger partial charge is 0.119 e. The van der Waals surface area contributed by atoms with Crippen LogP contribution in [0.3, 0.4) is 0 Å². The number of hydrogen-bond acceptors (Lipinski definition) is 3. The van der Waals surface area contributed by atoms with Gasteiger partial charge in [0.15, 0.2) is 0 Å². The molecule has 0 saturated carbocycles. The molecule has 2 rings (SSSR count). The van der Waals surface area contributed by atoms with Gasteiger partial charge >= 0.3 is 0 Å². The number of ether oxygens (including phenoxy) is 1. The van der Waals surface area contributed by atoms with Gasteiger partial charge in [0, 0.05) is 18.6 Å². The van der Waals surface area contributed by atoms with Crippen molar-refractivity contribution in [3.63, 3.8) is 0 Å². The summed E-state index contributed by atoms with van der Waals surface area (Å²) in [4.78, 5) is 2.47. The normalized spacial score (nSPS) is 22.7. The molecular weight excluding hydrogens is 322 g/mol. The topological polar surface area (TPSA) is 32.7 Å². The summed E-state index contributed by atoms with van der Waals surface area (Å²) in [6.45, 7) is 8.29. The Labute approximate surface area is 153 Å². The lowest BCUT2D eigenvalue weighted by Gasteiger charge is -2.40. The Morgan fingerprint density at radius 1 is 1.17 bits per heavy atom. The molecule has 0 amide bonds. The van der Waals surface area contributed by atoms with E-state index in [-0.39, 0.29) is 18.5 Å². The fraction of sp³-hybridized carbons (Fsp3) is 0.700. The van der Waals surface area contributed by atoms with Gasteiger partial charge in [-0.3, -0.25) is 4.90 Å². The van der Waals surface area contributed by atoms with E-state index in [4.69, 9.17) is 4.74 Å². The van der Waals surface area contributed by atoms with E-state index in [9.17, 15) is 5.11 Å². The van der Waals surface area contributed by atoms with Gasteiger partial charge in [-0.25, -0.2) is 0 Å². The van der Waals surface area contributed by atoms with Crippen LogP contribution in [0, 0.1) is 0 Å². The summed E-state index contributed by atoms with van der Waals surface area (Å²) in [6, 6.07) is 9.36. The molecule has 1 aliphatic heterocycles. The van der Waals surface area contributed by atoms with Crippen molar-refractivity contribution in [2.24, 2.45) is 0 Å². The Kier molecular flexibility index (Phi) is 9.72. The quantitative estimate of drug-likeness (QED) is 0.699. The number of halogens is 1. The van der Waals surface area contributed by atoms with Crippen LogP contribution < -0.4 is 4.74 Å². The Morgan fingerprint density at radius 2 is 1.79 bits per heavy atom. The Hall–Kier alpha value is -0.770. The van der Waals surface area contributed by atoms with Gasteiger partial charge < -0.3 is 9.84 Å². The predicted octanol–water partition coefficient (Wildman–Crippen LogP) is 4.45. The first-order valence-electron chi connectivity index (χ1n) is 9.25. The van der Waals surface area contributed by atoms with Crippen LogP contribution in [-0.2, 0) is 6.42 Å². The number of hydrogen-bond donors (Lipinski definition) is 1. The fourth-order valence-corrected chi connectivity index (χ4v) is 3.47. The van der Waals surface area contributed by atoms with E-state index >= 15 is 0 Å². The largest absolute Gasteiger partial charge is 0.494 e. The highest BCUT2D eigenvalue weighted by atomic mass is 35.5. The highest BCUT2D eigenvalue weighted by Crippen LogP contribution is 2.23. The van der Waals surface area contributed by atoms with Gasteiger partial charge in [0.05, 0.1) is 12.7 Å². The second-order valence-electron chi connectivity index (χ2n) is 7.03. The molecule has 1 heterocycles. The van der Waals surface area contributed by atoms with E-state index < -0.39 is 0 Å². The van der Waals surface area contributed by atoms with E-state index in [2.05, 4.69) is 37.8 Å². The van der Waals surface area contributed by atoms with Crippen molar-refractivity contribution in [2.45, 2.75) is 77.5 Å². The Balaban J connectivity index is 0.00000288. The lowest BCUT2D eigenvalue weighted by molar-refractivity contribution is 0.0419. The summed E-state index contributed by atoms with van der Waals surface area (Å²) in [6.07, 6.45) is 6.47. The number of aliphatic hydroxyl groups is 1. The van der Waals surface area contributed by atoms with Crippen molar-refractivity contribution >= 4 is 12.4 Å². The second kappa shape index (κ2) is 11.0. The third kappa shape index (κ3) is 6.62. The number of benzene rings is 1. The number of likely N-dealkylation sites (tertiary alicyclic amines) is 1. The molecule has 24 heavy (non-hydrogen) atoms. The van der Waals surface area contributed by atoms with Crippen molar-refractivity contribution in [3.8, 4) is 5.75 Å². The number of β-amino-alcohol motifs (C(OH)–C–C–N with tert-alkyl or cyclic N) is 1. The van der Waals surface area contributed by atoms with Crippen LogP contribution in [-0.4, -0.2) is 41.3 Å². The number of piperidine rings is 1. The number of unbranched alkanes of at least 4 members (excludes halogenated alkanes) is 1. The van der Waals surface area contributed by atoms with Crippen LogP contribution in [0.25, 0.3) is 0 Å². The van der Waals surface area contributed by atoms with E-state index in [0.29, 0.717) is 18.5 Å². The van der Waals surface area contributed by atoms with Gasteiger partial charge in [0.1, 0.15) is 5.75 Å². The molecule has 0 spiro atoms. The summed E-state index contributed by atoms with van der Waals surface area (Å²) in [5.41, 5.74) is 1.18. The number of nitrogens with zero attached hydrogens (tertiary/aromatic N) is 1. The molecule has 0 bridgehead atoms. The molecule has 1 N–H and O–H groups in total. The summed E-state index contributed by atoms with van der Waals surface area (Å²) >= 11 is 0. The number of aliphatic hydroxyl groups excluding tert-OH is 1. The third-order valence-corrected chi connectivity index (χ3v) is 4.96. The molecule has 3 unspecified atom stereocenters. The zero-order valence-corrected chi connectivity index (χ0v) is 16.2. The summed E-state index contributed by atoms with van der Waals surface area (Å²) < 4.78 is 5.69. The molecule has 138 valence electrons. The Morgan fingerprint density at radius 3 is 2.38 bits per heavy atom. The lowest BCUT2D eigenvalue weighted by Crippen LogP contribution is -2.47. The third-order valence-electron chi connectivity index (χ3n) is 4.96. The minimum atomic E-state index is -0.301. The fourth-order valence-electron chi connectivity index (χ4n) is 3.47. The van der Waals surface area contributed by atoms with Crippen LogP contribution in [0.1, 0.15) is 58.4 Å². The maximum Gasteiger partial charge on any atom is 0.119 e. The van der Waals surface area contributed by atoms with Gasteiger partial charge in [0.2, 0.25) is 0 Å². The van der Waals surface area contributed by atoms with E-state index in [1.54, 1.807) is 0 Å². The van der Waals surface area contributed by atoms with Gasteiger partial charge in [-0.15, -0.1) is 12.4 Å². The zero-order valence-electron chi connectivity index (χ0n) is 15.4. The summed E-state index contributed by atoms with van der Waals surface area (Å²) in [7, 11) is 0. The zero-order chi connectivity index (χ0) is 16.7. The van der Waals surface area contributed by atoms with Crippen molar-refractivity contribution in [1.82, 2.24) is 4.90 Å². The monoisotopic (exact) mass is 355 g/mol. The maximum atomic E-state index is 10.5. The minimum absolute atomic E-state index is 0. The van der Waals surface area contributed by atoms with Crippen molar-refractivity contribution < 1.29 is 9.84 Å². The molecule has 3 nitrogen and oxygen atoms in total. The van der Waals surface area contributed by atoms with Crippen LogP contribution >= 0.6 is 12.4 Å². The van der Waals surface area contributed by atoms with Crippen LogP contribution in [0.4, 0.5) is 0 Å². The average Bonchev–Trinajstić information content (AvgIpc) is 2.53. The molecule has 1 fully saturated rings. The number of rotatable bonds is 8. The molecule has 4 heteroatoms. The van der Waals surface area contributed by atoms with E-state index in [1.807, 2.05) is 12.1 Å². The van der Waals surface area contributed by atoms with Crippen molar-refractivity contribution in [2.75, 3.05) is 13.2 Å². The van der Waals surface area contributed by atoms with Crippen LogP contribution in [0.5, 0.6) is 5.75 Å². The molecule has 1 saturated heterocycles. The highest BCUT2D eigenvalue weighted by molar-refractivity contribution is 5.85. The molecule has 0 aliphatic carbocycles. The first-order valence-corrected chi connectivity index (χ1v) is 9.25. The van der Waals surface area contributed by atoms with Crippen LogP contribution in [0.15, 0.2) is 24.3 Å². The molecule has 1 aliphatic rings. The molecule has 3 atom stereocenters. The summed E-state index contributed by atoms with van der Waals surface area (Å²) in [5.74, 6) is 0.926. The van der Waals surface area contributed by atoms with E-state index in [0.717, 1.165) is 31.7 Å². The predicted molar refractivity (Wildman–Crippen MR) is 103 cm³/mol. The first kappa shape index (κ1) is 21.3. The molecular formula is C20H34ClNO2. The van der Waals surface area contributed by atoms with Gasteiger partial charge in [0.25, 0.3) is 0 Å². The SMILES string of the molecule is CCCCOc1ccc(CC(O)CN2C(C)CCCC2C)cc1.Cl. The van der Waals surface area contributed by atoms with Gasteiger partial charge in [-0.1, -0.05) is 31.9 Å². The first-order chi connectivity index (χ1) is 11.1. The van der Waals surface area contributed by atoms with Gasteiger partial charge in [-0.2, -0.15) is 0 Å². The van der Waals surface area contributed by atoms with Crippen molar-refractivity contribution in [3.05, 3.63) is 29.8 Å². The Bertz CT molecular complexity index is 441. The molecule has 1 aromatic rings. The van der Waals surface area contributed by atoms with Crippen LogP contribution in [0.2, 0.25) is 0 Å². The van der Waals surface area contributed by atoms with Gasteiger partial charge in [-0.05, 0) is 57.2 Å². The maximum absolute atomic E-state index is 10.5. The summed E-state index contributed by atoms with van der Waals surface area (Å²) in [5, 5.41) is 10.5.